The Kier molecular flexibility index (Phi) is 4.90. The third kappa shape index (κ3) is 3.37. The van der Waals surface area contributed by atoms with Gasteiger partial charge in [-0.3, -0.25) is 14.5 Å². The van der Waals surface area contributed by atoms with Crippen LogP contribution < -0.4 is 20.9 Å². The van der Waals surface area contributed by atoms with Gasteiger partial charge in [0.25, 0.3) is 0 Å². The van der Waals surface area contributed by atoms with Gasteiger partial charge < -0.3 is 20.9 Å². The van der Waals surface area contributed by atoms with Crippen molar-refractivity contribution in [1.29, 1.82) is 0 Å². The number of thiazole rings is 1. The largest absolute Gasteiger partial charge is 0.496 e. The molecule has 3 rings (SSSR count). The van der Waals surface area contributed by atoms with E-state index in [1.54, 1.807) is 10.6 Å². The Hall–Kier alpha value is -3.67. The maximum Gasteiger partial charge on any atom is 0.311 e. The molecule has 0 aliphatic carbocycles. The highest BCUT2D eigenvalue weighted by Crippen LogP contribution is 2.40. The van der Waals surface area contributed by atoms with Crippen LogP contribution in [0, 0.1) is 10.1 Å². The van der Waals surface area contributed by atoms with Crippen molar-refractivity contribution in [3.05, 3.63) is 39.5 Å². The molecule has 2 aromatic heterocycles. The number of aromatic nitrogens is 2. The second-order valence-corrected chi connectivity index (χ2v) is 6.03. The number of guanidine groups is 1. The lowest BCUT2D eigenvalue weighted by Crippen LogP contribution is -2.21. The van der Waals surface area contributed by atoms with E-state index in [0.717, 1.165) is 0 Å². The van der Waals surface area contributed by atoms with E-state index >= 15 is 0 Å². The number of hydrogen-bond acceptors (Lipinski definition) is 8. The molecule has 1 aromatic carbocycles. The number of nitrogens with zero attached hydrogens (tertiary/aromatic N) is 5. The monoisotopic (exact) mass is 389 g/mol. The molecule has 12 heteroatoms. The Morgan fingerprint density at radius 1 is 1.33 bits per heavy atom. The summed E-state index contributed by atoms with van der Waals surface area (Å²) in [5.74, 6) is 0.244. The van der Waals surface area contributed by atoms with Crippen molar-refractivity contribution in [3.8, 4) is 22.8 Å². The molecule has 27 heavy (non-hydrogen) atoms. The molecule has 140 valence electrons. The van der Waals surface area contributed by atoms with Crippen molar-refractivity contribution in [1.82, 2.24) is 9.38 Å². The van der Waals surface area contributed by atoms with Gasteiger partial charge in [0.2, 0.25) is 11.7 Å². The second-order valence-electron chi connectivity index (χ2n) is 5.15. The van der Waals surface area contributed by atoms with Crippen molar-refractivity contribution in [2.45, 2.75) is 0 Å². The van der Waals surface area contributed by atoms with Crippen LogP contribution in [-0.4, -0.2) is 40.7 Å². The van der Waals surface area contributed by atoms with E-state index in [4.69, 9.17) is 20.9 Å². The molecule has 0 radical (unpaired) electrons. The fourth-order valence-electron chi connectivity index (χ4n) is 2.48. The molecule has 0 unspecified atom stereocenters. The van der Waals surface area contributed by atoms with Crippen LogP contribution in [0.3, 0.4) is 0 Å². The van der Waals surface area contributed by atoms with Crippen molar-refractivity contribution in [2.24, 2.45) is 21.7 Å². The van der Waals surface area contributed by atoms with Crippen LogP contribution in [-0.2, 0) is 0 Å². The summed E-state index contributed by atoms with van der Waals surface area (Å²) in [5.41, 5.74) is 11.7. The zero-order valence-electron chi connectivity index (χ0n) is 14.3. The minimum Gasteiger partial charge on any atom is -0.496 e. The molecule has 0 aliphatic rings. The predicted octanol–water partition coefficient (Wildman–Crippen LogP) is 1.60. The van der Waals surface area contributed by atoms with Gasteiger partial charge in [-0.05, 0) is 0 Å². The lowest BCUT2D eigenvalue weighted by molar-refractivity contribution is -0.385. The summed E-state index contributed by atoms with van der Waals surface area (Å²) < 4.78 is 12.2. The molecular formula is C15H15N7O4S. The molecule has 0 aliphatic heterocycles. The third-order valence-electron chi connectivity index (χ3n) is 3.61. The fourth-order valence-corrected chi connectivity index (χ4v) is 3.21. The Bertz CT molecular complexity index is 1070. The summed E-state index contributed by atoms with van der Waals surface area (Å²) >= 11 is 1.39. The van der Waals surface area contributed by atoms with E-state index < -0.39 is 4.92 Å². The fraction of sp³-hybridized carbons (Fsp3) is 0.133. The van der Waals surface area contributed by atoms with E-state index in [2.05, 4.69) is 15.2 Å². The number of methoxy groups -OCH3 is 2. The van der Waals surface area contributed by atoms with Crippen molar-refractivity contribution >= 4 is 34.2 Å². The zero-order chi connectivity index (χ0) is 19.6. The Morgan fingerprint density at radius 2 is 2.07 bits per heavy atom. The smallest absolute Gasteiger partial charge is 0.311 e. The molecular weight excluding hydrogens is 374 g/mol. The normalized spacial score (nSPS) is 11.0. The van der Waals surface area contributed by atoms with Gasteiger partial charge in [0.15, 0.2) is 4.96 Å². The van der Waals surface area contributed by atoms with Crippen LogP contribution in [0.2, 0.25) is 0 Å². The highest BCUT2D eigenvalue weighted by Gasteiger charge is 2.24. The van der Waals surface area contributed by atoms with E-state index in [1.165, 1.54) is 43.9 Å². The number of benzene rings is 1. The van der Waals surface area contributed by atoms with Gasteiger partial charge in [-0.2, -0.15) is 5.10 Å². The van der Waals surface area contributed by atoms with Gasteiger partial charge >= 0.3 is 5.69 Å². The van der Waals surface area contributed by atoms with Gasteiger partial charge in [0.1, 0.15) is 11.4 Å². The lowest BCUT2D eigenvalue weighted by Gasteiger charge is -2.10. The maximum absolute atomic E-state index is 11.4. The molecule has 0 saturated carbocycles. The number of nitrogens with two attached hydrogens (primary N) is 2. The second kappa shape index (κ2) is 7.29. The Balaban J connectivity index is 2.27. The van der Waals surface area contributed by atoms with E-state index in [0.29, 0.717) is 27.7 Å². The number of nitro benzene ring substituents is 1. The number of fused-ring (bicyclic) bond motifs is 1. The number of hydrogen-bond donors (Lipinski definition) is 2. The number of imidazole rings is 1. The van der Waals surface area contributed by atoms with E-state index in [9.17, 15) is 10.1 Å². The maximum atomic E-state index is 11.4. The quantitative estimate of drug-likeness (QED) is 0.280. The summed E-state index contributed by atoms with van der Waals surface area (Å²) in [6.07, 6.45) is 3.20. The summed E-state index contributed by atoms with van der Waals surface area (Å²) in [6.45, 7) is 0. The molecule has 0 fully saturated rings. The SMILES string of the molecule is COc1cc(OC)c([N+](=O)[O-])cc1-c1nc2sccn2c1/C=N/N=C(N)N. The lowest BCUT2D eigenvalue weighted by atomic mass is 10.1. The average molecular weight is 389 g/mol. The molecule has 11 nitrogen and oxygen atoms in total. The van der Waals surface area contributed by atoms with Gasteiger partial charge in [0.05, 0.1) is 36.6 Å². The van der Waals surface area contributed by atoms with Crippen molar-refractivity contribution in [3.63, 3.8) is 0 Å². The molecule has 0 atom stereocenters. The van der Waals surface area contributed by atoms with Crippen molar-refractivity contribution < 1.29 is 14.4 Å². The molecule has 0 bridgehead atoms. The average Bonchev–Trinajstić information content (AvgIpc) is 3.22. The Labute approximate surface area is 156 Å². The number of nitro groups is 1. The summed E-state index contributed by atoms with van der Waals surface area (Å²) in [5, 5.41) is 20.7. The van der Waals surface area contributed by atoms with Crippen molar-refractivity contribution in [2.75, 3.05) is 14.2 Å². The van der Waals surface area contributed by atoms with Gasteiger partial charge in [0, 0.05) is 23.7 Å². The zero-order valence-corrected chi connectivity index (χ0v) is 15.1. The van der Waals surface area contributed by atoms with Gasteiger partial charge in [-0.25, -0.2) is 4.98 Å². The molecule has 3 aromatic rings. The van der Waals surface area contributed by atoms with Crippen LogP contribution in [0.4, 0.5) is 5.69 Å². The standard InChI is InChI=1S/C15H15N7O4S/c1-25-11-6-12(26-2)9(22(23)24)5-8(11)13-10(7-18-20-14(16)17)21-3-4-27-15(21)19-13/h3-7H,1-2H3,(H4,16,17,20)/b18-7+. The van der Waals surface area contributed by atoms with Crippen LogP contribution in [0.25, 0.3) is 16.2 Å². The Morgan fingerprint density at radius 3 is 2.70 bits per heavy atom. The summed E-state index contributed by atoms with van der Waals surface area (Å²) in [7, 11) is 2.80. The minimum atomic E-state index is -0.534. The van der Waals surface area contributed by atoms with Gasteiger partial charge in [-0.15, -0.1) is 16.4 Å². The van der Waals surface area contributed by atoms with Crippen LogP contribution >= 0.6 is 11.3 Å². The first kappa shape index (κ1) is 18.1. The molecule has 0 amide bonds. The first-order chi connectivity index (χ1) is 13.0. The molecule has 4 N–H and O–H groups in total. The minimum absolute atomic E-state index is 0.0809. The predicted molar refractivity (Wildman–Crippen MR) is 102 cm³/mol. The van der Waals surface area contributed by atoms with E-state index in [-0.39, 0.29) is 17.4 Å². The molecule has 2 heterocycles. The number of ether oxygens (including phenoxy) is 2. The third-order valence-corrected chi connectivity index (χ3v) is 4.36. The van der Waals surface area contributed by atoms with Crippen LogP contribution in [0.5, 0.6) is 11.5 Å². The highest BCUT2D eigenvalue weighted by molar-refractivity contribution is 7.15. The molecule has 0 spiro atoms. The van der Waals surface area contributed by atoms with Gasteiger partial charge in [-0.1, -0.05) is 0 Å². The topological polar surface area (TPSA) is 156 Å². The first-order valence-corrected chi connectivity index (χ1v) is 8.32. The van der Waals surface area contributed by atoms with Crippen LogP contribution in [0.1, 0.15) is 5.69 Å². The van der Waals surface area contributed by atoms with E-state index in [1.807, 2.05) is 5.38 Å². The summed E-state index contributed by atoms with van der Waals surface area (Å²) in [6, 6.07) is 2.79. The first-order valence-electron chi connectivity index (χ1n) is 7.44. The summed E-state index contributed by atoms with van der Waals surface area (Å²) in [4.78, 5) is 16.1. The highest BCUT2D eigenvalue weighted by atomic mass is 32.1. The number of rotatable bonds is 6. The van der Waals surface area contributed by atoms with Crippen LogP contribution in [0.15, 0.2) is 33.9 Å². The molecule has 0 saturated heterocycles.